The predicted octanol–water partition coefficient (Wildman–Crippen LogP) is 4.71. The van der Waals surface area contributed by atoms with Crippen molar-refractivity contribution in [3.05, 3.63) is 87.7 Å². The van der Waals surface area contributed by atoms with Crippen molar-refractivity contribution in [1.82, 2.24) is 10.7 Å². The third-order valence-electron chi connectivity index (χ3n) is 4.08. The fourth-order valence-electron chi connectivity index (χ4n) is 2.51. The Labute approximate surface area is 173 Å². The van der Waals surface area contributed by atoms with E-state index >= 15 is 0 Å². The number of amides is 2. The number of carbonyl (C=O) groups is 1. The number of non-ortho nitro benzene ring substituents is 1. The maximum absolute atomic E-state index is 12.5. The fraction of sp³-hybridized carbons (Fsp3) is 0.100. The summed E-state index contributed by atoms with van der Waals surface area (Å²) in [5.74, 6) is 0.791. The molecule has 160 valence electrons. The van der Waals surface area contributed by atoms with Gasteiger partial charge < -0.3 is 9.73 Å². The second kappa shape index (κ2) is 9.11. The highest BCUT2D eigenvalue weighted by molar-refractivity contribution is 5.80. The van der Waals surface area contributed by atoms with Crippen LogP contribution in [0.3, 0.4) is 0 Å². The van der Waals surface area contributed by atoms with Crippen LogP contribution in [-0.4, -0.2) is 17.2 Å². The molecule has 1 heterocycles. The van der Waals surface area contributed by atoms with Gasteiger partial charge in [0.2, 0.25) is 0 Å². The quantitative estimate of drug-likeness (QED) is 0.334. The predicted molar refractivity (Wildman–Crippen MR) is 105 cm³/mol. The van der Waals surface area contributed by atoms with Gasteiger partial charge >= 0.3 is 12.2 Å². The van der Waals surface area contributed by atoms with E-state index in [9.17, 15) is 28.1 Å². The van der Waals surface area contributed by atoms with Crippen LogP contribution in [-0.2, 0) is 12.7 Å². The Hall–Kier alpha value is -4.15. The normalized spacial score (nSPS) is 11.5. The van der Waals surface area contributed by atoms with Crippen LogP contribution in [0.5, 0.6) is 0 Å². The summed E-state index contributed by atoms with van der Waals surface area (Å²) in [7, 11) is 0. The Bertz CT molecular complexity index is 1090. The molecule has 1 aromatic heterocycles. The maximum Gasteiger partial charge on any atom is 0.416 e. The zero-order valence-electron chi connectivity index (χ0n) is 15.7. The summed E-state index contributed by atoms with van der Waals surface area (Å²) in [5.41, 5.74) is 2.53. The molecular weight excluding hydrogens is 417 g/mol. The molecule has 0 fully saturated rings. The molecule has 0 radical (unpaired) electrons. The molecule has 3 rings (SSSR count). The van der Waals surface area contributed by atoms with Gasteiger partial charge in [0.1, 0.15) is 11.5 Å². The number of alkyl halides is 3. The van der Waals surface area contributed by atoms with E-state index in [0.29, 0.717) is 22.6 Å². The summed E-state index contributed by atoms with van der Waals surface area (Å²) in [5, 5.41) is 16.9. The van der Waals surface area contributed by atoms with E-state index < -0.39 is 22.7 Å². The van der Waals surface area contributed by atoms with Gasteiger partial charge in [0.05, 0.1) is 16.7 Å². The van der Waals surface area contributed by atoms with Crippen molar-refractivity contribution in [1.29, 1.82) is 0 Å². The number of halogens is 3. The summed E-state index contributed by atoms with van der Waals surface area (Å²) in [6, 6.07) is 12.8. The lowest BCUT2D eigenvalue weighted by molar-refractivity contribution is -0.384. The fourth-order valence-corrected chi connectivity index (χ4v) is 2.51. The average molecular weight is 432 g/mol. The molecule has 0 unspecified atom stereocenters. The van der Waals surface area contributed by atoms with Crippen molar-refractivity contribution in [2.45, 2.75) is 12.7 Å². The van der Waals surface area contributed by atoms with Crippen molar-refractivity contribution in [2.75, 3.05) is 0 Å². The first kappa shape index (κ1) is 21.6. The minimum atomic E-state index is -4.41. The number of nitrogens with zero attached hydrogens (tertiary/aromatic N) is 2. The second-order valence-corrected chi connectivity index (χ2v) is 6.25. The first-order chi connectivity index (χ1) is 14.7. The Morgan fingerprint density at radius 1 is 1.06 bits per heavy atom. The van der Waals surface area contributed by atoms with E-state index in [-0.39, 0.29) is 12.2 Å². The molecule has 3 aromatic rings. The van der Waals surface area contributed by atoms with Gasteiger partial charge in [-0.1, -0.05) is 12.1 Å². The van der Waals surface area contributed by atoms with Crippen LogP contribution < -0.4 is 10.7 Å². The minimum Gasteiger partial charge on any atom is -0.455 e. The molecule has 0 aliphatic heterocycles. The van der Waals surface area contributed by atoms with Crippen molar-refractivity contribution >= 4 is 17.9 Å². The van der Waals surface area contributed by atoms with E-state index in [1.165, 1.54) is 30.5 Å². The number of urea groups is 1. The van der Waals surface area contributed by atoms with Gasteiger partial charge in [-0.25, -0.2) is 10.2 Å². The highest BCUT2D eigenvalue weighted by Crippen LogP contribution is 2.29. The van der Waals surface area contributed by atoms with Crippen LogP contribution in [0.1, 0.15) is 16.9 Å². The van der Waals surface area contributed by atoms with Crippen molar-refractivity contribution < 1.29 is 27.3 Å². The van der Waals surface area contributed by atoms with E-state index in [1.807, 2.05) is 0 Å². The summed E-state index contributed by atoms with van der Waals surface area (Å²) < 4.78 is 43.1. The number of nitro groups is 1. The topological polar surface area (TPSA) is 110 Å². The number of nitrogens with one attached hydrogen (secondary N) is 2. The zero-order chi connectivity index (χ0) is 22.4. The number of carbonyl (C=O) groups excluding carboxylic acids is 1. The summed E-state index contributed by atoms with van der Waals surface area (Å²) in [4.78, 5) is 21.9. The molecule has 31 heavy (non-hydrogen) atoms. The lowest BCUT2D eigenvalue weighted by Crippen LogP contribution is -2.31. The van der Waals surface area contributed by atoms with Crippen LogP contribution in [0.4, 0.5) is 23.7 Å². The molecule has 2 aromatic carbocycles. The van der Waals surface area contributed by atoms with E-state index in [2.05, 4.69) is 15.8 Å². The van der Waals surface area contributed by atoms with Gasteiger partial charge in [-0.15, -0.1) is 0 Å². The van der Waals surface area contributed by atoms with Crippen LogP contribution in [0, 0.1) is 10.1 Å². The largest absolute Gasteiger partial charge is 0.455 e. The summed E-state index contributed by atoms with van der Waals surface area (Å²) >= 11 is 0. The van der Waals surface area contributed by atoms with Gasteiger partial charge in [-0.3, -0.25) is 10.1 Å². The van der Waals surface area contributed by atoms with Gasteiger partial charge in [0.15, 0.2) is 0 Å². The van der Waals surface area contributed by atoms with E-state index in [1.54, 1.807) is 24.3 Å². The number of hydrazone groups is 1. The molecular formula is C20H15F3N4O4. The molecule has 0 atom stereocenters. The molecule has 0 aliphatic rings. The van der Waals surface area contributed by atoms with Crippen molar-refractivity contribution in [3.8, 4) is 11.3 Å². The minimum absolute atomic E-state index is 0.0184. The van der Waals surface area contributed by atoms with Gasteiger partial charge in [0, 0.05) is 24.2 Å². The molecule has 8 nitrogen and oxygen atoms in total. The number of nitro benzene ring substituents is 1. The molecule has 2 N–H and O–H groups in total. The monoisotopic (exact) mass is 432 g/mol. The standard InChI is InChI=1S/C20H15F3N4O4/c21-20(22,23)15-5-1-13(2-6-15)11-24-19(28)26-25-12-17-9-10-18(31-17)14-3-7-16(8-4-14)27(29)30/h1-10,12H,11H2,(H2,24,26,28)/b25-12+. The SMILES string of the molecule is O=C(NCc1ccc(C(F)(F)F)cc1)N/N=C/c1ccc(-c2ccc([N+](=O)[O-])cc2)o1. The first-order valence-electron chi connectivity index (χ1n) is 8.80. The molecule has 0 saturated carbocycles. The molecule has 0 aliphatic carbocycles. The Morgan fingerprint density at radius 2 is 1.74 bits per heavy atom. The lowest BCUT2D eigenvalue weighted by atomic mass is 10.1. The molecule has 0 saturated heterocycles. The molecule has 11 heteroatoms. The zero-order valence-corrected chi connectivity index (χ0v) is 15.7. The average Bonchev–Trinajstić information content (AvgIpc) is 3.21. The third kappa shape index (κ3) is 5.92. The lowest BCUT2D eigenvalue weighted by Gasteiger charge is -2.08. The van der Waals surface area contributed by atoms with Crippen LogP contribution in [0.2, 0.25) is 0 Å². The van der Waals surface area contributed by atoms with Gasteiger partial charge in [-0.2, -0.15) is 18.3 Å². The number of benzene rings is 2. The molecule has 2 amide bonds. The molecule has 0 spiro atoms. The van der Waals surface area contributed by atoms with Crippen LogP contribution in [0.15, 0.2) is 70.2 Å². The van der Waals surface area contributed by atoms with Crippen molar-refractivity contribution in [2.24, 2.45) is 5.10 Å². The number of hydrogen-bond acceptors (Lipinski definition) is 5. The number of hydrogen-bond donors (Lipinski definition) is 2. The second-order valence-electron chi connectivity index (χ2n) is 6.25. The van der Waals surface area contributed by atoms with Crippen LogP contribution in [0.25, 0.3) is 11.3 Å². The number of rotatable bonds is 6. The third-order valence-corrected chi connectivity index (χ3v) is 4.08. The molecule has 0 bridgehead atoms. The van der Waals surface area contributed by atoms with Crippen molar-refractivity contribution in [3.63, 3.8) is 0 Å². The smallest absolute Gasteiger partial charge is 0.416 e. The van der Waals surface area contributed by atoms with Crippen LogP contribution >= 0.6 is 0 Å². The Morgan fingerprint density at radius 3 is 2.35 bits per heavy atom. The highest BCUT2D eigenvalue weighted by atomic mass is 19.4. The maximum atomic E-state index is 12.5. The summed E-state index contributed by atoms with van der Waals surface area (Å²) in [6.45, 7) is 0.0184. The van der Waals surface area contributed by atoms with E-state index in [4.69, 9.17) is 4.42 Å². The number of furan rings is 1. The Kier molecular flexibility index (Phi) is 6.34. The Balaban J connectivity index is 1.49. The van der Waals surface area contributed by atoms with E-state index in [0.717, 1.165) is 12.1 Å². The first-order valence-corrected chi connectivity index (χ1v) is 8.80. The van der Waals surface area contributed by atoms with Gasteiger partial charge in [-0.05, 0) is 42.0 Å². The summed E-state index contributed by atoms with van der Waals surface area (Å²) in [6.07, 6.45) is -3.16. The van der Waals surface area contributed by atoms with Gasteiger partial charge in [0.25, 0.3) is 5.69 Å². The highest BCUT2D eigenvalue weighted by Gasteiger charge is 2.29.